The van der Waals surface area contributed by atoms with Crippen LogP contribution in [0, 0.1) is 5.41 Å². The van der Waals surface area contributed by atoms with Crippen molar-refractivity contribution in [1.29, 1.82) is 0 Å². The van der Waals surface area contributed by atoms with Gasteiger partial charge in [0.2, 0.25) is 0 Å². The number of likely N-dealkylation sites (tertiary alicyclic amines) is 1. The molecule has 1 aromatic rings. The molecule has 0 aromatic heterocycles. The lowest BCUT2D eigenvalue weighted by molar-refractivity contribution is -0.0666. The molecule has 0 radical (unpaired) electrons. The fourth-order valence-corrected chi connectivity index (χ4v) is 2.89. The number of aliphatic imine (C=N–C) groups is 1. The minimum Gasteiger partial charge on any atom is -0.497 e. The number of ether oxygens (including phenoxy) is 1. The summed E-state index contributed by atoms with van der Waals surface area (Å²) in [7, 11) is 3.40. The average Bonchev–Trinajstić information content (AvgIpc) is 2.60. The molecule has 6 nitrogen and oxygen atoms in total. The van der Waals surface area contributed by atoms with Gasteiger partial charge in [-0.2, -0.15) is 0 Å². The number of carbonyl (C=O) groups excluding carboxylic acids is 1. The van der Waals surface area contributed by atoms with Crippen molar-refractivity contribution in [1.82, 2.24) is 15.5 Å². The zero-order valence-electron chi connectivity index (χ0n) is 16.5. The molecule has 1 fully saturated rings. The number of amides is 1. The largest absolute Gasteiger partial charge is 0.497 e. The fourth-order valence-electron chi connectivity index (χ4n) is 2.89. The van der Waals surface area contributed by atoms with Crippen LogP contribution in [0.3, 0.4) is 0 Å². The normalized spacial score (nSPS) is 17.6. The summed E-state index contributed by atoms with van der Waals surface area (Å²) in [5, 5.41) is 6.24. The van der Waals surface area contributed by atoms with E-state index in [2.05, 4.69) is 48.2 Å². The van der Waals surface area contributed by atoms with E-state index in [0.29, 0.717) is 18.7 Å². The van der Waals surface area contributed by atoms with Gasteiger partial charge in [-0.3, -0.25) is 9.79 Å². The Morgan fingerprint density at radius 3 is 2.19 bits per heavy atom. The number of hydrogen-bond donors (Lipinski definition) is 2. The van der Waals surface area contributed by atoms with Crippen LogP contribution >= 0.6 is 24.0 Å². The first-order chi connectivity index (χ1) is 11.7. The van der Waals surface area contributed by atoms with Crippen LogP contribution < -0.4 is 15.4 Å². The van der Waals surface area contributed by atoms with E-state index in [4.69, 9.17) is 4.74 Å². The predicted octanol–water partition coefficient (Wildman–Crippen LogP) is 2.74. The molecule has 2 rings (SSSR count). The van der Waals surface area contributed by atoms with Crippen molar-refractivity contribution in [2.75, 3.05) is 33.8 Å². The van der Waals surface area contributed by atoms with Crippen LogP contribution in [0.15, 0.2) is 29.3 Å². The Morgan fingerprint density at radius 2 is 1.73 bits per heavy atom. The molecule has 146 valence electrons. The molecule has 1 amide bonds. The molecule has 1 aliphatic rings. The van der Waals surface area contributed by atoms with E-state index < -0.39 is 0 Å². The van der Waals surface area contributed by atoms with Gasteiger partial charge in [-0.05, 0) is 38.1 Å². The van der Waals surface area contributed by atoms with Gasteiger partial charge in [-0.1, -0.05) is 13.8 Å². The van der Waals surface area contributed by atoms with E-state index in [1.807, 2.05) is 0 Å². The highest BCUT2D eigenvalue weighted by atomic mass is 127. The van der Waals surface area contributed by atoms with Crippen molar-refractivity contribution in [3.63, 3.8) is 0 Å². The van der Waals surface area contributed by atoms with Crippen molar-refractivity contribution >= 4 is 35.8 Å². The monoisotopic (exact) mass is 474 g/mol. The summed E-state index contributed by atoms with van der Waals surface area (Å²) in [6.07, 6.45) is 0. The number of guanidine groups is 1. The third-order valence-corrected chi connectivity index (χ3v) is 5.40. The molecule has 1 aromatic carbocycles. The van der Waals surface area contributed by atoms with Crippen LogP contribution in [0.5, 0.6) is 5.75 Å². The quantitative estimate of drug-likeness (QED) is 0.298. The van der Waals surface area contributed by atoms with Gasteiger partial charge in [0.05, 0.1) is 7.11 Å². The first-order valence-corrected chi connectivity index (χ1v) is 8.63. The Labute approximate surface area is 173 Å². The lowest BCUT2D eigenvalue weighted by Gasteiger charge is -2.62. The summed E-state index contributed by atoms with van der Waals surface area (Å²) < 4.78 is 5.10. The van der Waals surface area contributed by atoms with E-state index >= 15 is 0 Å². The Hall–Kier alpha value is -1.51. The second-order valence-corrected chi connectivity index (χ2v) is 7.49. The summed E-state index contributed by atoms with van der Waals surface area (Å²) in [6.45, 7) is 11.1. The molecular formula is C19H31IN4O2. The van der Waals surface area contributed by atoms with Crippen molar-refractivity contribution in [2.45, 2.75) is 33.2 Å². The van der Waals surface area contributed by atoms with Crippen LogP contribution in [0.1, 0.15) is 38.1 Å². The summed E-state index contributed by atoms with van der Waals surface area (Å²) in [5.74, 6) is 1.52. The maximum absolute atomic E-state index is 12.1. The smallest absolute Gasteiger partial charge is 0.251 e. The molecule has 0 spiro atoms. The van der Waals surface area contributed by atoms with Crippen LogP contribution in [-0.2, 0) is 0 Å². The molecule has 0 unspecified atom stereocenters. The molecule has 0 bridgehead atoms. The third-order valence-electron chi connectivity index (χ3n) is 5.40. The van der Waals surface area contributed by atoms with Crippen LogP contribution in [0.4, 0.5) is 0 Å². The lowest BCUT2D eigenvalue weighted by Crippen LogP contribution is -2.72. The highest BCUT2D eigenvalue weighted by Gasteiger charge is 2.53. The van der Waals surface area contributed by atoms with Crippen LogP contribution in [0.25, 0.3) is 0 Å². The van der Waals surface area contributed by atoms with Crippen LogP contribution in [-0.4, -0.2) is 56.1 Å². The molecule has 26 heavy (non-hydrogen) atoms. The number of carbonyl (C=O) groups is 1. The van der Waals surface area contributed by atoms with Gasteiger partial charge in [0, 0.05) is 43.2 Å². The summed E-state index contributed by atoms with van der Waals surface area (Å²) in [4.78, 5) is 18.8. The number of hydrogen-bond acceptors (Lipinski definition) is 3. The van der Waals surface area contributed by atoms with Crippen molar-refractivity contribution in [3.8, 4) is 5.75 Å². The number of benzene rings is 1. The second-order valence-electron chi connectivity index (χ2n) is 7.49. The summed E-state index contributed by atoms with van der Waals surface area (Å²) in [6, 6.07) is 7.07. The molecule has 0 saturated carbocycles. The molecule has 1 saturated heterocycles. The SMILES string of the molecule is CN=C(NCCNC(=O)c1ccc(OC)cc1)N1CC(C)(C)C1(C)C.I. The number of nitrogens with zero attached hydrogens (tertiary/aromatic N) is 2. The molecule has 1 aliphatic heterocycles. The molecule has 2 N–H and O–H groups in total. The Morgan fingerprint density at radius 1 is 1.15 bits per heavy atom. The third kappa shape index (κ3) is 4.61. The van der Waals surface area contributed by atoms with E-state index in [1.54, 1.807) is 38.4 Å². The molecular weight excluding hydrogens is 443 g/mol. The van der Waals surface area contributed by atoms with Gasteiger partial charge in [-0.15, -0.1) is 24.0 Å². The van der Waals surface area contributed by atoms with Gasteiger partial charge in [0.15, 0.2) is 5.96 Å². The highest BCUT2D eigenvalue weighted by Crippen LogP contribution is 2.46. The molecule has 0 atom stereocenters. The summed E-state index contributed by atoms with van der Waals surface area (Å²) >= 11 is 0. The first-order valence-electron chi connectivity index (χ1n) is 8.63. The maximum atomic E-state index is 12.1. The first kappa shape index (κ1) is 22.5. The van der Waals surface area contributed by atoms with Crippen molar-refractivity contribution in [3.05, 3.63) is 29.8 Å². The zero-order chi connectivity index (χ0) is 18.7. The van der Waals surface area contributed by atoms with Crippen molar-refractivity contribution in [2.24, 2.45) is 10.4 Å². The Balaban J connectivity index is 0.00000338. The van der Waals surface area contributed by atoms with Gasteiger partial charge in [-0.25, -0.2) is 0 Å². The average molecular weight is 474 g/mol. The Bertz CT molecular complexity index is 641. The Kier molecular flexibility index (Phi) is 7.73. The molecule has 0 aliphatic carbocycles. The maximum Gasteiger partial charge on any atom is 0.251 e. The number of halogens is 1. The number of nitrogens with one attached hydrogen (secondary N) is 2. The lowest BCUT2D eigenvalue weighted by atomic mass is 9.65. The summed E-state index contributed by atoms with van der Waals surface area (Å²) in [5.41, 5.74) is 0.935. The minimum atomic E-state index is -0.0927. The van der Waals surface area contributed by atoms with E-state index in [0.717, 1.165) is 18.3 Å². The zero-order valence-corrected chi connectivity index (χ0v) is 18.9. The van der Waals surface area contributed by atoms with Gasteiger partial charge >= 0.3 is 0 Å². The van der Waals surface area contributed by atoms with Crippen LogP contribution in [0.2, 0.25) is 0 Å². The van der Waals surface area contributed by atoms with Gasteiger partial charge < -0.3 is 20.3 Å². The van der Waals surface area contributed by atoms with Gasteiger partial charge in [0.1, 0.15) is 5.75 Å². The predicted molar refractivity (Wildman–Crippen MR) is 117 cm³/mol. The second kappa shape index (κ2) is 8.92. The van der Waals surface area contributed by atoms with E-state index in [1.165, 1.54) is 0 Å². The van der Waals surface area contributed by atoms with Gasteiger partial charge in [0.25, 0.3) is 5.91 Å². The topological polar surface area (TPSA) is 66.0 Å². The van der Waals surface area contributed by atoms with E-state index in [-0.39, 0.29) is 40.8 Å². The number of methoxy groups -OCH3 is 1. The molecule has 1 heterocycles. The van der Waals surface area contributed by atoms with Crippen molar-refractivity contribution < 1.29 is 9.53 Å². The fraction of sp³-hybridized carbons (Fsp3) is 0.579. The standard InChI is InChI=1S/C19H30N4O2.HI/c1-18(2)13-23(19(18,3)4)17(20-5)22-12-11-21-16(24)14-7-9-15(25-6)10-8-14;/h7-10H,11-13H2,1-6H3,(H,20,22)(H,21,24);1H. The van der Waals surface area contributed by atoms with E-state index in [9.17, 15) is 4.79 Å². The molecule has 7 heteroatoms. The minimum absolute atomic E-state index is 0. The highest BCUT2D eigenvalue weighted by molar-refractivity contribution is 14.0. The number of rotatable bonds is 5.